The minimum atomic E-state index is -1.03. The van der Waals surface area contributed by atoms with Crippen molar-refractivity contribution in [2.45, 2.75) is 6.61 Å². The second kappa shape index (κ2) is 6.42. The molecule has 20 heavy (non-hydrogen) atoms. The topological polar surface area (TPSA) is 81.8 Å². The number of nitrogens with zero attached hydrogens (tertiary/aromatic N) is 1. The van der Waals surface area contributed by atoms with Gasteiger partial charge in [0, 0.05) is 17.7 Å². The minimum Gasteiger partial charge on any atom is -0.497 e. The molecule has 1 heterocycles. The summed E-state index contributed by atoms with van der Waals surface area (Å²) in [5.74, 6) is 0.685. The van der Waals surface area contributed by atoms with Crippen LogP contribution in [0.4, 0.5) is 0 Å². The van der Waals surface area contributed by atoms with Gasteiger partial charge in [-0.05, 0) is 24.3 Å². The fourth-order valence-corrected chi connectivity index (χ4v) is 1.54. The highest BCUT2D eigenvalue weighted by atomic mass is 16.5. The van der Waals surface area contributed by atoms with Crippen molar-refractivity contribution in [2.75, 3.05) is 7.11 Å². The Labute approximate surface area is 115 Å². The van der Waals surface area contributed by atoms with E-state index in [-0.39, 0.29) is 6.61 Å². The maximum absolute atomic E-state index is 10.6. The number of methoxy groups -OCH3 is 1. The average Bonchev–Trinajstić information content (AvgIpc) is 2.96. The number of hydrogen-bond donors (Lipinski definition) is 1. The van der Waals surface area contributed by atoms with Crippen molar-refractivity contribution in [1.29, 1.82) is 0 Å². The summed E-state index contributed by atoms with van der Waals surface area (Å²) in [6, 6.07) is 6.82. The largest absolute Gasteiger partial charge is 0.497 e. The molecular formula is C14H13NO5. The molecule has 0 saturated heterocycles. The predicted octanol–water partition coefficient (Wildman–Crippen LogP) is 2.36. The summed E-state index contributed by atoms with van der Waals surface area (Å²) in [5.41, 5.74) is 0.603. The third-order valence-electron chi connectivity index (χ3n) is 2.48. The van der Waals surface area contributed by atoms with E-state index >= 15 is 0 Å². The molecule has 1 aromatic heterocycles. The molecule has 0 radical (unpaired) electrons. The van der Waals surface area contributed by atoms with Gasteiger partial charge in [-0.3, -0.25) is 0 Å². The molecule has 0 amide bonds. The summed E-state index contributed by atoms with van der Waals surface area (Å²) in [6.45, 7) is 0.209. The molecule has 0 aliphatic rings. The minimum absolute atomic E-state index is 0.209. The molecule has 1 aromatic carbocycles. The molecule has 1 N–H and O–H groups in total. The smallest absolute Gasteiger partial charge is 0.328 e. The van der Waals surface area contributed by atoms with Crippen molar-refractivity contribution >= 4 is 12.0 Å². The Kier molecular flexibility index (Phi) is 4.39. The van der Waals surface area contributed by atoms with Gasteiger partial charge in [0.1, 0.15) is 18.1 Å². The molecule has 0 bridgehead atoms. The molecule has 6 nitrogen and oxygen atoms in total. The zero-order valence-corrected chi connectivity index (χ0v) is 10.8. The SMILES string of the molecule is COc1ccc(OCc2ccno2)c(/C=C/C(=O)O)c1. The van der Waals surface area contributed by atoms with Gasteiger partial charge in [0.05, 0.1) is 13.3 Å². The van der Waals surface area contributed by atoms with Gasteiger partial charge >= 0.3 is 5.97 Å². The summed E-state index contributed by atoms with van der Waals surface area (Å²) < 4.78 is 15.6. The van der Waals surface area contributed by atoms with E-state index in [1.807, 2.05) is 0 Å². The Bertz CT molecular complexity index is 604. The first-order valence-electron chi connectivity index (χ1n) is 5.80. The van der Waals surface area contributed by atoms with Crippen LogP contribution in [0.2, 0.25) is 0 Å². The van der Waals surface area contributed by atoms with Gasteiger partial charge in [0.25, 0.3) is 0 Å². The third-order valence-corrected chi connectivity index (χ3v) is 2.48. The molecule has 0 fully saturated rings. The average molecular weight is 275 g/mol. The molecule has 104 valence electrons. The van der Waals surface area contributed by atoms with Crippen LogP contribution >= 0.6 is 0 Å². The van der Waals surface area contributed by atoms with E-state index in [2.05, 4.69) is 5.16 Å². The normalized spacial score (nSPS) is 10.7. The van der Waals surface area contributed by atoms with E-state index in [0.717, 1.165) is 6.08 Å². The summed E-state index contributed by atoms with van der Waals surface area (Å²) in [5, 5.41) is 12.3. The van der Waals surface area contributed by atoms with Crippen molar-refractivity contribution < 1.29 is 23.9 Å². The molecule has 0 atom stereocenters. The first kappa shape index (κ1) is 13.7. The fraction of sp³-hybridized carbons (Fsp3) is 0.143. The summed E-state index contributed by atoms with van der Waals surface area (Å²) in [7, 11) is 1.54. The number of hydrogen-bond acceptors (Lipinski definition) is 5. The molecule has 0 spiro atoms. The number of benzene rings is 1. The van der Waals surface area contributed by atoms with E-state index in [1.165, 1.54) is 19.4 Å². The molecule has 0 aliphatic carbocycles. The van der Waals surface area contributed by atoms with Crippen molar-refractivity contribution in [2.24, 2.45) is 0 Å². The Morgan fingerprint density at radius 1 is 1.45 bits per heavy atom. The van der Waals surface area contributed by atoms with Gasteiger partial charge in [0.2, 0.25) is 0 Å². The lowest BCUT2D eigenvalue weighted by Gasteiger charge is -2.09. The number of rotatable bonds is 6. The third kappa shape index (κ3) is 3.61. The fourth-order valence-electron chi connectivity index (χ4n) is 1.54. The van der Waals surface area contributed by atoms with Crippen molar-refractivity contribution in [1.82, 2.24) is 5.16 Å². The Balaban J connectivity index is 2.19. The number of carboxylic acid groups (broad SMARTS) is 1. The van der Waals surface area contributed by atoms with Gasteiger partial charge in [-0.25, -0.2) is 4.79 Å². The highest BCUT2D eigenvalue weighted by molar-refractivity contribution is 5.86. The Hall–Kier alpha value is -2.76. The molecule has 0 unspecified atom stereocenters. The van der Waals surface area contributed by atoms with E-state index in [1.54, 1.807) is 24.3 Å². The molecular weight excluding hydrogens is 262 g/mol. The van der Waals surface area contributed by atoms with Gasteiger partial charge < -0.3 is 19.1 Å². The first-order chi connectivity index (χ1) is 9.69. The summed E-state index contributed by atoms with van der Waals surface area (Å²) >= 11 is 0. The Morgan fingerprint density at radius 3 is 2.95 bits per heavy atom. The van der Waals surface area contributed by atoms with Crippen LogP contribution in [-0.2, 0) is 11.4 Å². The maximum atomic E-state index is 10.6. The van der Waals surface area contributed by atoms with Crippen LogP contribution in [0.3, 0.4) is 0 Å². The van der Waals surface area contributed by atoms with Crippen LogP contribution in [-0.4, -0.2) is 23.3 Å². The van der Waals surface area contributed by atoms with Crippen molar-refractivity contribution in [3.63, 3.8) is 0 Å². The highest BCUT2D eigenvalue weighted by Gasteiger charge is 2.06. The molecule has 6 heteroatoms. The number of ether oxygens (including phenoxy) is 2. The first-order valence-corrected chi connectivity index (χ1v) is 5.80. The molecule has 2 aromatic rings. The van der Waals surface area contributed by atoms with Gasteiger partial charge in [0.15, 0.2) is 5.76 Å². The van der Waals surface area contributed by atoms with E-state index < -0.39 is 5.97 Å². The van der Waals surface area contributed by atoms with E-state index in [9.17, 15) is 4.79 Å². The second-order valence-electron chi connectivity index (χ2n) is 3.84. The molecule has 0 saturated carbocycles. The maximum Gasteiger partial charge on any atom is 0.328 e. The number of carbonyl (C=O) groups is 1. The monoisotopic (exact) mass is 275 g/mol. The van der Waals surface area contributed by atoms with Crippen molar-refractivity contribution in [3.8, 4) is 11.5 Å². The lowest BCUT2D eigenvalue weighted by atomic mass is 10.1. The zero-order chi connectivity index (χ0) is 14.4. The second-order valence-corrected chi connectivity index (χ2v) is 3.84. The number of aromatic nitrogens is 1. The highest BCUT2D eigenvalue weighted by Crippen LogP contribution is 2.26. The molecule has 2 rings (SSSR count). The van der Waals surface area contributed by atoms with Crippen LogP contribution < -0.4 is 9.47 Å². The van der Waals surface area contributed by atoms with Crippen LogP contribution in [0.15, 0.2) is 41.1 Å². The standard InChI is InChI=1S/C14H13NO5/c1-18-11-3-4-13(10(8-11)2-5-14(16)17)19-9-12-6-7-15-20-12/h2-8H,9H2,1H3,(H,16,17)/b5-2+. The summed E-state index contributed by atoms with van der Waals surface area (Å²) in [4.78, 5) is 10.6. The zero-order valence-electron chi connectivity index (χ0n) is 10.8. The Morgan fingerprint density at radius 2 is 2.30 bits per heavy atom. The molecule has 0 aliphatic heterocycles. The van der Waals surface area contributed by atoms with Crippen LogP contribution in [0.25, 0.3) is 6.08 Å². The van der Waals surface area contributed by atoms with Gasteiger partial charge in [-0.15, -0.1) is 0 Å². The van der Waals surface area contributed by atoms with Crippen LogP contribution in [0.5, 0.6) is 11.5 Å². The quantitative estimate of drug-likeness (QED) is 0.815. The summed E-state index contributed by atoms with van der Waals surface area (Å²) in [6.07, 6.45) is 4.01. The van der Waals surface area contributed by atoms with E-state index in [4.69, 9.17) is 19.1 Å². The van der Waals surface area contributed by atoms with Gasteiger partial charge in [-0.1, -0.05) is 5.16 Å². The van der Waals surface area contributed by atoms with E-state index in [0.29, 0.717) is 22.8 Å². The van der Waals surface area contributed by atoms with Crippen LogP contribution in [0, 0.1) is 0 Å². The van der Waals surface area contributed by atoms with Crippen molar-refractivity contribution in [3.05, 3.63) is 47.9 Å². The predicted molar refractivity (Wildman–Crippen MR) is 70.5 cm³/mol. The van der Waals surface area contributed by atoms with Crippen LogP contribution in [0.1, 0.15) is 11.3 Å². The number of aliphatic carboxylic acids is 1. The van der Waals surface area contributed by atoms with Gasteiger partial charge in [-0.2, -0.15) is 0 Å². The lowest BCUT2D eigenvalue weighted by Crippen LogP contribution is -1.97. The lowest BCUT2D eigenvalue weighted by molar-refractivity contribution is -0.131. The number of carboxylic acids is 1.